The summed E-state index contributed by atoms with van der Waals surface area (Å²) >= 11 is 0. The zero-order chi connectivity index (χ0) is 14.8. The van der Waals surface area contributed by atoms with Gasteiger partial charge in [0.1, 0.15) is 0 Å². The number of nitrogens with one attached hydrogen (secondary N) is 1. The highest BCUT2D eigenvalue weighted by Gasteiger charge is 2.14. The maximum Gasteiger partial charge on any atom is 0.253 e. The quantitative estimate of drug-likeness (QED) is 0.725. The zero-order valence-corrected chi connectivity index (χ0v) is 11.7. The molecule has 1 aromatic heterocycles. The van der Waals surface area contributed by atoms with Gasteiger partial charge in [0.05, 0.1) is 17.2 Å². The average Bonchev–Trinajstić information content (AvgIpc) is 2.51. The van der Waals surface area contributed by atoms with Crippen LogP contribution in [-0.2, 0) is 0 Å². The Hall–Kier alpha value is -2.46. The molecule has 0 radical (unpaired) electrons. The Kier molecular flexibility index (Phi) is 3.54. The van der Waals surface area contributed by atoms with Crippen molar-refractivity contribution < 1.29 is 9.90 Å². The molecule has 3 aromatic rings. The Morgan fingerprint density at radius 2 is 2.00 bits per heavy atom. The van der Waals surface area contributed by atoms with E-state index in [1.165, 1.54) is 0 Å². The number of rotatable bonds is 3. The molecule has 0 aliphatic carbocycles. The van der Waals surface area contributed by atoms with Gasteiger partial charge >= 0.3 is 0 Å². The molecule has 0 spiro atoms. The monoisotopic (exact) mass is 280 g/mol. The molecule has 21 heavy (non-hydrogen) atoms. The predicted octanol–water partition coefficient (Wildman–Crippen LogP) is 2.50. The number of hydrogen-bond donors (Lipinski definition) is 2. The van der Waals surface area contributed by atoms with Crippen molar-refractivity contribution in [2.24, 2.45) is 0 Å². The van der Waals surface area contributed by atoms with E-state index in [4.69, 9.17) is 0 Å². The minimum absolute atomic E-state index is 0.217. The smallest absolute Gasteiger partial charge is 0.253 e. The fourth-order valence-corrected chi connectivity index (χ4v) is 2.44. The number of hydrogen-bond acceptors (Lipinski definition) is 3. The van der Waals surface area contributed by atoms with Crippen molar-refractivity contribution in [3.63, 3.8) is 0 Å². The molecule has 0 saturated heterocycles. The first-order valence-electron chi connectivity index (χ1n) is 6.89. The molecule has 0 saturated carbocycles. The number of nitrogens with zero attached hydrogens (tertiary/aromatic N) is 1. The van der Waals surface area contributed by atoms with Crippen molar-refractivity contribution in [1.82, 2.24) is 10.3 Å². The van der Waals surface area contributed by atoms with Crippen LogP contribution in [0.3, 0.4) is 0 Å². The molecule has 0 bridgehead atoms. The Morgan fingerprint density at radius 1 is 1.24 bits per heavy atom. The van der Waals surface area contributed by atoms with Crippen LogP contribution in [0.15, 0.2) is 48.7 Å². The standard InChI is InChI=1S/C17H16N2O2/c1-11(20)10-19-17(21)15-9-12-5-2-3-6-13(12)14-7-4-8-18-16(14)15/h2-9,11,20H,10H2,1H3,(H,19,21). The van der Waals surface area contributed by atoms with Gasteiger partial charge < -0.3 is 10.4 Å². The molecule has 106 valence electrons. The van der Waals surface area contributed by atoms with Gasteiger partial charge in [-0.2, -0.15) is 0 Å². The topological polar surface area (TPSA) is 62.2 Å². The molecule has 1 amide bonds. The number of aliphatic hydroxyl groups excluding tert-OH is 1. The number of aliphatic hydroxyl groups is 1. The van der Waals surface area contributed by atoms with Crippen LogP contribution < -0.4 is 5.32 Å². The molecule has 0 fully saturated rings. The fraction of sp³-hybridized carbons (Fsp3) is 0.176. The van der Waals surface area contributed by atoms with Crippen molar-refractivity contribution in [3.8, 4) is 0 Å². The third-order valence-corrected chi connectivity index (χ3v) is 3.42. The third-order valence-electron chi connectivity index (χ3n) is 3.42. The molecule has 2 aromatic carbocycles. The summed E-state index contributed by atoms with van der Waals surface area (Å²) in [5, 5.41) is 15.1. The Morgan fingerprint density at radius 3 is 2.81 bits per heavy atom. The summed E-state index contributed by atoms with van der Waals surface area (Å²) in [6, 6.07) is 13.6. The predicted molar refractivity (Wildman–Crippen MR) is 83.3 cm³/mol. The summed E-state index contributed by atoms with van der Waals surface area (Å²) < 4.78 is 0. The maximum atomic E-state index is 12.3. The van der Waals surface area contributed by atoms with E-state index in [1.54, 1.807) is 13.1 Å². The SMILES string of the molecule is CC(O)CNC(=O)c1cc2ccccc2c2cccnc12. The second-order valence-electron chi connectivity index (χ2n) is 5.10. The summed E-state index contributed by atoms with van der Waals surface area (Å²) in [7, 11) is 0. The summed E-state index contributed by atoms with van der Waals surface area (Å²) in [5.41, 5.74) is 1.21. The maximum absolute atomic E-state index is 12.3. The second kappa shape index (κ2) is 5.50. The van der Waals surface area contributed by atoms with Gasteiger partial charge in [0.25, 0.3) is 5.91 Å². The van der Waals surface area contributed by atoms with E-state index < -0.39 is 6.10 Å². The largest absolute Gasteiger partial charge is 0.392 e. The number of carbonyl (C=O) groups excluding carboxylic acids is 1. The zero-order valence-electron chi connectivity index (χ0n) is 11.7. The van der Waals surface area contributed by atoms with E-state index in [0.717, 1.165) is 16.2 Å². The lowest BCUT2D eigenvalue weighted by Gasteiger charge is -2.11. The van der Waals surface area contributed by atoms with Crippen molar-refractivity contribution in [1.29, 1.82) is 0 Å². The molecular weight excluding hydrogens is 264 g/mol. The second-order valence-corrected chi connectivity index (χ2v) is 5.10. The van der Waals surface area contributed by atoms with E-state index >= 15 is 0 Å². The number of amides is 1. The molecule has 3 rings (SSSR count). The Bertz CT molecular complexity index is 812. The van der Waals surface area contributed by atoms with E-state index in [0.29, 0.717) is 11.1 Å². The first kappa shape index (κ1) is 13.5. The van der Waals surface area contributed by atoms with Crippen LogP contribution in [0.5, 0.6) is 0 Å². The van der Waals surface area contributed by atoms with Crippen molar-refractivity contribution >= 4 is 27.6 Å². The van der Waals surface area contributed by atoms with E-state index in [1.807, 2.05) is 42.5 Å². The van der Waals surface area contributed by atoms with Crippen LogP contribution >= 0.6 is 0 Å². The summed E-state index contributed by atoms with van der Waals surface area (Å²) in [4.78, 5) is 16.7. The highest BCUT2D eigenvalue weighted by atomic mass is 16.3. The minimum atomic E-state index is -0.575. The lowest BCUT2D eigenvalue weighted by Crippen LogP contribution is -2.30. The molecular formula is C17H16N2O2. The molecule has 4 heteroatoms. The summed E-state index contributed by atoms with van der Waals surface area (Å²) in [6.45, 7) is 1.86. The van der Waals surface area contributed by atoms with Gasteiger partial charge in [-0.1, -0.05) is 30.3 Å². The van der Waals surface area contributed by atoms with Crippen LogP contribution in [0.25, 0.3) is 21.7 Å². The van der Waals surface area contributed by atoms with E-state index in [-0.39, 0.29) is 12.5 Å². The van der Waals surface area contributed by atoms with Crippen molar-refractivity contribution in [2.75, 3.05) is 6.54 Å². The summed E-state index contributed by atoms with van der Waals surface area (Å²) in [6.07, 6.45) is 1.11. The van der Waals surface area contributed by atoms with Crippen LogP contribution in [0.1, 0.15) is 17.3 Å². The van der Waals surface area contributed by atoms with Gasteiger partial charge in [-0.15, -0.1) is 0 Å². The molecule has 1 heterocycles. The molecule has 1 unspecified atom stereocenters. The Labute approximate surface area is 122 Å². The van der Waals surface area contributed by atoms with Crippen molar-refractivity contribution in [2.45, 2.75) is 13.0 Å². The van der Waals surface area contributed by atoms with E-state index in [2.05, 4.69) is 10.3 Å². The highest BCUT2D eigenvalue weighted by molar-refractivity contribution is 6.15. The van der Waals surface area contributed by atoms with Gasteiger partial charge in [-0.25, -0.2) is 0 Å². The average molecular weight is 280 g/mol. The number of fused-ring (bicyclic) bond motifs is 3. The van der Waals surface area contributed by atoms with Gasteiger partial charge in [0.2, 0.25) is 0 Å². The molecule has 2 N–H and O–H groups in total. The Balaban J connectivity index is 2.18. The van der Waals surface area contributed by atoms with Gasteiger partial charge in [0.15, 0.2) is 0 Å². The molecule has 4 nitrogen and oxygen atoms in total. The molecule has 0 aliphatic rings. The molecule has 1 atom stereocenters. The first-order chi connectivity index (χ1) is 10.2. The lowest BCUT2D eigenvalue weighted by molar-refractivity contribution is 0.0925. The van der Waals surface area contributed by atoms with Crippen LogP contribution in [-0.4, -0.2) is 28.6 Å². The number of benzene rings is 2. The van der Waals surface area contributed by atoms with Gasteiger partial charge in [-0.3, -0.25) is 9.78 Å². The fourth-order valence-electron chi connectivity index (χ4n) is 2.44. The number of carbonyl (C=O) groups is 1. The third kappa shape index (κ3) is 2.58. The number of aromatic nitrogens is 1. The van der Waals surface area contributed by atoms with Crippen LogP contribution in [0, 0.1) is 0 Å². The minimum Gasteiger partial charge on any atom is -0.392 e. The van der Waals surface area contributed by atoms with Gasteiger partial charge in [-0.05, 0) is 29.8 Å². The normalized spacial score (nSPS) is 12.5. The van der Waals surface area contributed by atoms with Gasteiger partial charge in [0, 0.05) is 18.1 Å². The number of pyridine rings is 1. The van der Waals surface area contributed by atoms with Crippen molar-refractivity contribution in [3.05, 3.63) is 54.2 Å². The van der Waals surface area contributed by atoms with Crippen LogP contribution in [0.4, 0.5) is 0 Å². The highest BCUT2D eigenvalue weighted by Crippen LogP contribution is 2.27. The lowest BCUT2D eigenvalue weighted by atomic mass is 10.0. The first-order valence-corrected chi connectivity index (χ1v) is 6.89. The van der Waals surface area contributed by atoms with Crippen LogP contribution in [0.2, 0.25) is 0 Å². The summed E-state index contributed by atoms with van der Waals surface area (Å²) in [5.74, 6) is -0.217. The van der Waals surface area contributed by atoms with E-state index in [9.17, 15) is 9.90 Å². The molecule has 0 aliphatic heterocycles.